The van der Waals surface area contributed by atoms with E-state index in [-0.39, 0.29) is 24.3 Å². The van der Waals surface area contributed by atoms with Crippen molar-refractivity contribution in [2.45, 2.75) is 37.8 Å². The summed E-state index contributed by atoms with van der Waals surface area (Å²) < 4.78 is 0.862. The molecule has 0 bridgehead atoms. The SMILES string of the molecule is CN1CCC(N2C(=O)C[C@@](C)(c3cccc(I)c3Cl)N=C2NC(=O)O)CC1. The van der Waals surface area contributed by atoms with Crippen molar-refractivity contribution < 1.29 is 14.7 Å². The second-order valence-electron chi connectivity index (χ2n) is 7.22. The highest BCUT2D eigenvalue weighted by atomic mass is 127. The van der Waals surface area contributed by atoms with Gasteiger partial charge in [0, 0.05) is 9.61 Å². The summed E-state index contributed by atoms with van der Waals surface area (Å²) in [6.45, 7) is 3.53. The summed E-state index contributed by atoms with van der Waals surface area (Å²) in [5.41, 5.74) is -0.202. The number of carbonyl (C=O) groups is 2. The fraction of sp³-hybridized carbons (Fsp3) is 0.500. The van der Waals surface area contributed by atoms with Gasteiger partial charge in [0.05, 0.1) is 17.0 Å². The van der Waals surface area contributed by atoms with Gasteiger partial charge in [0.2, 0.25) is 11.9 Å². The van der Waals surface area contributed by atoms with E-state index in [1.54, 1.807) is 0 Å². The molecule has 0 radical (unpaired) electrons. The Morgan fingerprint density at radius 1 is 1.41 bits per heavy atom. The predicted octanol–water partition coefficient (Wildman–Crippen LogP) is 3.11. The third-order valence-corrected chi connectivity index (χ3v) is 6.77. The summed E-state index contributed by atoms with van der Waals surface area (Å²) in [6.07, 6.45) is 0.466. The molecule has 1 fully saturated rings. The van der Waals surface area contributed by atoms with E-state index in [1.807, 2.05) is 32.2 Å². The number of hydrogen-bond acceptors (Lipinski definition) is 4. The van der Waals surface area contributed by atoms with Crippen molar-refractivity contribution in [3.8, 4) is 0 Å². The lowest BCUT2D eigenvalue weighted by atomic mass is 9.86. The molecule has 0 spiro atoms. The molecule has 1 aromatic carbocycles. The standard InChI is InChI=1S/C18H22ClIN4O3/c1-18(12-4-3-5-13(20)15(12)19)10-14(25)24(16(22-18)21-17(26)27)11-6-8-23(2)9-7-11/h3-5,11H,6-10H2,1-2H3,(H,21,22)(H,26,27)/t18-/m0/s1. The Morgan fingerprint density at radius 3 is 2.70 bits per heavy atom. The molecule has 0 aromatic heterocycles. The van der Waals surface area contributed by atoms with E-state index in [2.05, 4.69) is 37.8 Å². The van der Waals surface area contributed by atoms with E-state index in [4.69, 9.17) is 11.6 Å². The minimum atomic E-state index is -1.24. The van der Waals surface area contributed by atoms with E-state index in [0.29, 0.717) is 5.02 Å². The number of nitrogens with one attached hydrogen (secondary N) is 1. The van der Waals surface area contributed by atoms with Crippen molar-refractivity contribution in [1.29, 1.82) is 0 Å². The van der Waals surface area contributed by atoms with Gasteiger partial charge in [-0.1, -0.05) is 23.7 Å². The Labute approximate surface area is 176 Å². The topological polar surface area (TPSA) is 85.2 Å². The maximum Gasteiger partial charge on any atom is 0.411 e. The second kappa shape index (κ2) is 7.92. The van der Waals surface area contributed by atoms with Crippen LogP contribution in [0, 0.1) is 3.57 Å². The minimum absolute atomic E-state index is 0.0600. The first-order chi connectivity index (χ1) is 12.7. The monoisotopic (exact) mass is 504 g/mol. The molecule has 1 aromatic rings. The van der Waals surface area contributed by atoms with Crippen LogP contribution in [0.15, 0.2) is 23.2 Å². The molecule has 1 saturated heterocycles. The number of benzene rings is 1. The van der Waals surface area contributed by atoms with Crippen LogP contribution in [-0.4, -0.2) is 59.0 Å². The van der Waals surface area contributed by atoms with Gasteiger partial charge < -0.3 is 10.0 Å². The molecule has 0 aliphatic carbocycles. The largest absolute Gasteiger partial charge is 0.465 e. The molecule has 1 atom stereocenters. The summed E-state index contributed by atoms with van der Waals surface area (Å²) in [5.74, 6) is -0.0496. The third-order valence-electron chi connectivity index (χ3n) is 5.15. The zero-order chi connectivity index (χ0) is 19.8. The van der Waals surface area contributed by atoms with Gasteiger partial charge in [-0.05, 0) is 74.1 Å². The van der Waals surface area contributed by atoms with Crippen molar-refractivity contribution >= 4 is 52.2 Å². The number of aliphatic imine (C=N–C) groups is 1. The van der Waals surface area contributed by atoms with Crippen LogP contribution in [0.2, 0.25) is 5.02 Å². The smallest absolute Gasteiger partial charge is 0.411 e. The highest BCUT2D eigenvalue weighted by Crippen LogP contribution is 2.39. The average molecular weight is 505 g/mol. The van der Waals surface area contributed by atoms with Crippen LogP contribution < -0.4 is 5.32 Å². The number of hydrogen-bond donors (Lipinski definition) is 2. The summed E-state index contributed by atoms with van der Waals surface area (Å²) in [5, 5.41) is 12.2. The van der Waals surface area contributed by atoms with Gasteiger partial charge in [-0.15, -0.1) is 0 Å². The van der Waals surface area contributed by atoms with Gasteiger partial charge in [-0.2, -0.15) is 0 Å². The Morgan fingerprint density at radius 2 is 2.07 bits per heavy atom. The molecule has 9 heteroatoms. The maximum atomic E-state index is 13.1. The van der Waals surface area contributed by atoms with E-state index < -0.39 is 11.6 Å². The van der Waals surface area contributed by atoms with Gasteiger partial charge in [0.15, 0.2) is 0 Å². The molecule has 7 nitrogen and oxygen atoms in total. The molecule has 0 unspecified atom stereocenters. The van der Waals surface area contributed by atoms with Crippen LogP contribution >= 0.6 is 34.2 Å². The Balaban J connectivity index is 2.02. The number of guanidine groups is 1. The molecule has 2 aliphatic heterocycles. The van der Waals surface area contributed by atoms with Crippen molar-refractivity contribution in [2.24, 2.45) is 4.99 Å². The highest BCUT2D eigenvalue weighted by molar-refractivity contribution is 14.1. The molecular weight excluding hydrogens is 483 g/mol. The zero-order valence-corrected chi connectivity index (χ0v) is 18.1. The van der Waals surface area contributed by atoms with Gasteiger partial charge in [-0.3, -0.25) is 15.0 Å². The third kappa shape index (κ3) is 4.22. The van der Waals surface area contributed by atoms with Gasteiger partial charge in [-0.25, -0.2) is 9.79 Å². The van der Waals surface area contributed by atoms with Gasteiger partial charge >= 0.3 is 6.09 Å². The minimum Gasteiger partial charge on any atom is -0.465 e. The molecule has 2 aliphatic rings. The molecule has 2 amide bonds. The number of rotatable bonds is 2. The Hall–Kier alpha value is -1.39. The predicted molar refractivity (Wildman–Crippen MR) is 112 cm³/mol. The fourth-order valence-electron chi connectivity index (χ4n) is 3.71. The number of carbonyl (C=O) groups excluding carboxylic acids is 1. The van der Waals surface area contributed by atoms with E-state index in [9.17, 15) is 14.7 Å². The average Bonchev–Trinajstić information content (AvgIpc) is 2.57. The summed E-state index contributed by atoms with van der Waals surface area (Å²) in [6, 6.07) is 5.52. The molecule has 146 valence electrons. The highest BCUT2D eigenvalue weighted by Gasteiger charge is 2.43. The first-order valence-corrected chi connectivity index (χ1v) is 10.2. The van der Waals surface area contributed by atoms with Gasteiger partial charge in [0.25, 0.3) is 0 Å². The lowest BCUT2D eigenvalue weighted by molar-refractivity contribution is -0.132. The van der Waals surface area contributed by atoms with Gasteiger partial charge in [0.1, 0.15) is 0 Å². The quantitative estimate of drug-likeness (QED) is 0.606. The number of likely N-dealkylation sites (tertiary alicyclic amines) is 1. The van der Waals surface area contributed by atoms with E-state index in [0.717, 1.165) is 35.1 Å². The summed E-state index contributed by atoms with van der Waals surface area (Å²) in [4.78, 5) is 32.9. The Kier molecular flexibility index (Phi) is 5.97. The number of halogens is 2. The van der Waals surface area contributed by atoms with Crippen LogP contribution in [-0.2, 0) is 10.3 Å². The number of piperidine rings is 1. The van der Waals surface area contributed by atoms with E-state index in [1.165, 1.54) is 4.90 Å². The lowest BCUT2D eigenvalue weighted by Crippen LogP contribution is -2.58. The van der Waals surface area contributed by atoms with Crippen LogP contribution in [0.5, 0.6) is 0 Å². The summed E-state index contributed by atoms with van der Waals surface area (Å²) >= 11 is 8.61. The first kappa shape index (κ1) is 20.3. The van der Waals surface area contributed by atoms with Crippen LogP contribution in [0.25, 0.3) is 0 Å². The van der Waals surface area contributed by atoms with E-state index >= 15 is 0 Å². The number of nitrogens with zero attached hydrogens (tertiary/aromatic N) is 3. The normalized spacial score (nSPS) is 24.7. The van der Waals surface area contributed by atoms with Crippen LogP contribution in [0.4, 0.5) is 4.79 Å². The second-order valence-corrected chi connectivity index (χ2v) is 8.76. The summed E-state index contributed by atoms with van der Waals surface area (Å²) in [7, 11) is 2.04. The van der Waals surface area contributed by atoms with Crippen LogP contribution in [0.1, 0.15) is 31.7 Å². The molecule has 27 heavy (non-hydrogen) atoms. The first-order valence-electron chi connectivity index (χ1n) is 8.76. The fourth-order valence-corrected chi connectivity index (χ4v) is 4.54. The molecule has 0 saturated carbocycles. The number of amides is 2. The maximum absolute atomic E-state index is 13.1. The molecule has 2 heterocycles. The number of carboxylic acid groups (broad SMARTS) is 1. The zero-order valence-electron chi connectivity index (χ0n) is 15.2. The van der Waals surface area contributed by atoms with Crippen molar-refractivity contribution in [3.05, 3.63) is 32.4 Å². The molecule has 2 N–H and O–H groups in total. The van der Waals surface area contributed by atoms with Crippen molar-refractivity contribution in [2.75, 3.05) is 20.1 Å². The van der Waals surface area contributed by atoms with Crippen molar-refractivity contribution in [3.63, 3.8) is 0 Å². The van der Waals surface area contributed by atoms with Crippen molar-refractivity contribution in [1.82, 2.24) is 15.1 Å². The lowest BCUT2D eigenvalue weighted by Gasteiger charge is -2.42. The van der Waals surface area contributed by atoms with Crippen LogP contribution in [0.3, 0.4) is 0 Å². The molecular formula is C18H22ClIN4O3. The molecule has 3 rings (SSSR count). The Bertz CT molecular complexity index is 795.